The lowest BCUT2D eigenvalue weighted by Gasteiger charge is -2.48. The van der Waals surface area contributed by atoms with Gasteiger partial charge in [-0.15, -0.1) is 0 Å². The summed E-state index contributed by atoms with van der Waals surface area (Å²) in [4.78, 5) is 0. The molecule has 6 atom stereocenters. The van der Waals surface area contributed by atoms with Gasteiger partial charge in [0.2, 0.25) is 5.79 Å². The number of hydrogen-bond acceptors (Lipinski definition) is 7. The highest BCUT2D eigenvalue weighted by molar-refractivity contribution is 5.26. The molecular formula is C31H42O7. The highest BCUT2D eigenvalue weighted by Gasteiger charge is 2.64. The molecular weight excluding hydrogens is 484 g/mol. The van der Waals surface area contributed by atoms with Crippen LogP contribution in [0, 0.1) is 5.92 Å². The maximum atomic E-state index is 11.4. The van der Waals surface area contributed by atoms with Crippen LogP contribution in [0.5, 0.6) is 5.75 Å². The largest absolute Gasteiger partial charge is 0.497 e. The van der Waals surface area contributed by atoms with E-state index in [1.165, 1.54) is 0 Å². The van der Waals surface area contributed by atoms with Crippen molar-refractivity contribution in [1.82, 2.24) is 0 Å². The first-order valence-corrected chi connectivity index (χ1v) is 13.9. The summed E-state index contributed by atoms with van der Waals surface area (Å²) in [5.41, 5.74) is 1.16. The third-order valence-corrected chi connectivity index (χ3v) is 8.34. The number of methoxy groups -OCH3 is 1. The molecule has 208 valence electrons. The predicted octanol–water partition coefficient (Wildman–Crippen LogP) is 5.38. The molecule has 2 aromatic carbocycles. The van der Waals surface area contributed by atoms with Crippen LogP contribution in [0.15, 0.2) is 54.6 Å². The summed E-state index contributed by atoms with van der Waals surface area (Å²) in [6.45, 7) is 6.21. The van der Waals surface area contributed by atoms with E-state index in [0.29, 0.717) is 51.6 Å². The maximum absolute atomic E-state index is 11.4. The van der Waals surface area contributed by atoms with Crippen molar-refractivity contribution in [2.24, 2.45) is 5.92 Å². The van der Waals surface area contributed by atoms with E-state index in [4.69, 9.17) is 28.4 Å². The van der Waals surface area contributed by atoms with Gasteiger partial charge in [0.05, 0.1) is 39.1 Å². The highest BCUT2D eigenvalue weighted by atomic mass is 16.8. The fourth-order valence-electron chi connectivity index (χ4n) is 6.05. The summed E-state index contributed by atoms with van der Waals surface area (Å²) in [5.74, 6) is -0.635. The molecule has 3 aliphatic rings. The zero-order valence-electron chi connectivity index (χ0n) is 22.9. The van der Waals surface area contributed by atoms with E-state index in [2.05, 4.69) is 19.1 Å². The average Bonchev–Trinajstić information content (AvgIpc) is 3.43. The van der Waals surface area contributed by atoms with Crippen LogP contribution in [-0.4, -0.2) is 54.8 Å². The van der Waals surface area contributed by atoms with Crippen molar-refractivity contribution in [3.8, 4) is 5.75 Å². The number of hydrogen-bond donors (Lipinski definition) is 1. The van der Waals surface area contributed by atoms with Gasteiger partial charge < -0.3 is 33.5 Å². The van der Waals surface area contributed by atoms with Gasteiger partial charge in [-0.25, -0.2) is 0 Å². The minimum atomic E-state index is -1.08. The Bertz CT molecular complexity index is 1030. The number of aliphatic hydroxyl groups is 1. The molecule has 3 saturated heterocycles. The minimum absolute atomic E-state index is 0.0413. The van der Waals surface area contributed by atoms with Crippen molar-refractivity contribution in [2.75, 3.05) is 20.3 Å². The SMILES string of the molecule is COc1ccc(COCC[C@H]2O[C@@]3(CC[C@@]4(O[C@H](COCc5ccccc5)CC[C@@]4(C)O)O3)C[C@H]2C)cc1. The Labute approximate surface area is 226 Å². The Kier molecular flexibility index (Phi) is 8.43. The summed E-state index contributed by atoms with van der Waals surface area (Å²) in [6, 6.07) is 18.1. The number of benzene rings is 2. The van der Waals surface area contributed by atoms with Gasteiger partial charge in [-0.3, -0.25) is 0 Å². The molecule has 2 aromatic rings. The molecule has 0 saturated carbocycles. The van der Waals surface area contributed by atoms with Crippen LogP contribution in [-0.2, 0) is 36.9 Å². The molecule has 0 unspecified atom stereocenters. The van der Waals surface area contributed by atoms with Gasteiger partial charge in [0.15, 0.2) is 5.79 Å². The summed E-state index contributed by atoms with van der Waals surface area (Å²) in [7, 11) is 1.67. The van der Waals surface area contributed by atoms with Crippen molar-refractivity contribution >= 4 is 0 Å². The number of ether oxygens (including phenoxy) is 6. The van der Waals surface area contributed by atoms with Crippen LogP contribution < -0.4 is 4.74 Å². The van der Waals surface area contributed by atoms with Crippen LogP contribution in [0.3, 0.4) is 0 Å². The molecule has 5 rings (SSSR count). The van der Waals surface area contributed by atoms with Crippen LogP contribution in [0.4, 0.5) is 0 Å². The second-order valence-corrected chi connectivity index (χ2v) is 11.3. The summed E-state index contributed by atoms with van der Waals surface area (Å²) in [6.07, 6.45) is 4.12. The molecule has 0 aromatic heterocycles. The molecule has 3 fully saturated rings. The van der Waals surface area contributed by atoms with Crippen molar-refractivity contribution in [3.63, 3.8) is 0 Å². The Balaban J connectivity index is 1.12. The molecule has 3 heterocycles. The van der Waals surface area contributed by atoms with Crippen molar-refractivity contribution in [2.45, 2.75) is 95.0 Å². The topological polar surface area (TPSA) is 75.6 Å². The van der Waals surface area contributed by atoms with E-state index in [9.17, 15) is 5.11 Å². The van der Waals surface area contributed by atoms with Gasteiger partial charge in [0, 0.05) is 25.9 Å². The van der Waals surface area contributed by atoms with E-state index in [1.807, 2.05) is 49.4 Å². The normalized spacial score (nSPS) is 34.8. The summed E-state index contributed by atoms with van der Waals surface area (Å²) < 4.78 is 36.8. The second-order valence-electron chi connectivity index (χ2n) is 11.3. The second kappa shape index (κ2) is 11.6. The standard InChI is InChI=1S/C31H42O7/c1-23-19-30(37-28(23)14-18-34-20-25-9-11-26(33-3)12-10-25)16-17-31(38-30)29(2,32)15-13-27(36-31)22-35-21-24-7-5-4-6-8-24/h4-12,23,27-28,32H,13-22H2,1-3H3/t23-,27+,28-,29-,30-,31-/m1/s1. The molecule has 1 N–H and O–H groups in total. The molecule has 3 aliphatic heterocycles. The van der Waals surface area contributed by atoms with E-state index in [-0.39, 0.29) is 12.2 Å². The Hall–Kier alpha value is -2.00. The van der Waals surface area contributed by atoms with Crippen molar-refractivity contribution < 1.29 is 33.5 Å². The maximum Gasteiger partial charge on any atom is 0.200 e. The molecule has 0 amide bonds. The molecule has 0 radical (unpaired) electrons. The zero-order valence-corrected chi connectivity index (χ0v) is 22.9. The fourth-order valence-corrected chi connectivity index (χ4v) is 6.05. The average molecular weight is 527 g/mol. The first kappa shape index (κ1) is 27.6. The summed E-state index contributed by atoms with van der Waals surface area (Å²) >= 11 is 0. The van der Waals surface area contributed by atoms with E-state index in [0.717, 1.165) is 36.1 Å². The first-order chi connectivity index (χ1) is 18.3. The third kappa shape index (κ3) is 6.09. The van der Waals surface area contributed by atoms with Crippen LogP contribution >= 0.6 is 0 Å². The predicted molar refractivity (Wildman–Crippen MR) is 143 cm³/mol. The molecule has 38 heavy (non-hydrogen) atoms. The third-order valence-electron chi connectivity index (χ3n) is 8.34. The van der Waals surface area contributed by atoms with E-state index < -0.39 is 17.2 Å². The monoisotopic (exact) mass is 526 g/mol. The molecule has 2 spiro atoms. The smallest absolute Gasteiger partial charge is 0.200 e. The van der Waals surface area contributed by atoms with Crippen LogP contribution in [0.2, 0.25) is 0 Å². The zero-order chi connectivity index (χ0) is 26.6. The van der Waals surface area contributed by atoms with Crippen molar-refractivity contribution in [3.05, 3.63) is 65.7 Å². The van der Waals surface area contributed by atoms with Crippen molar-refractivity contribution in [1.29, 1.82) is 0 Å². The van der Waals surface area contributed by atoms with Gasteiger partial charge >= 0.3 is 0 Å². The van der Waals surface area contributed by atoms with Gasteiger partial charge in [-0.2, -0.15) is 0 Å². The van der Waals surface area contributed by atoms with Crippen LogP contribution in [0.25, 0.3) is 0 Å². The highest BCUT2D eigenvalue weighted by Crippen LogP contribution is 2.55. The van der Waals surface area contributed by atoms with Crippen LogP contribution in [0.1, 0.15) is 63.5 Å². The van der Waals surface area contributed by atoms with E-state index in [1.54, 1.807) is 7.11 Å². The summed E-state index contributed by atoms with van der Waals surface area (Å²) in [5, 5.41) is 11.4. The fraction of sp³-hybridized carbons (Fsp3) is 0.613. The first-order valence-electron chi connectivity index (χ1n) is 13.9. The Morgan fingerprint density at radius 3 is 2.42 bits per heavy atom. The van der Waals surface area contributed by atoms with Gasteiger partial charge in [0.25, 0.3) is 0 Å². The molecule has 7 nitrogen and oxygen atoms in total. The lowest BCUT2D eigenvalue weighted by atomic mass is 9.84. The quantitative estimate of drug-likeness (QED) is 0.417. The lowest BCUT2D eigenvalue weighted by Crippen LogP contribution is -2.60. The molecule has 0 bridgehead atoms. The van der Waals surface area contributed by atoms with E-state index >= 15 is 0 Å². The minimum Gasteiger partial charge on any atom is -0.497 e. The molecule has 0 aliphatic carbocycles. The van der Waals surface area contributed by atoms with Gasteiger partial charge in [0.1, 0.15) is 11.4 Å². The number of rotatable bonds is 10. The Morgan fingerprint density at radius 2 is 1.66 bits per heavy atom. The van der Waals surface area contributed by atoms with Gasteiger partial charge in [-0.05, 0) is 55.4 Å². The lowest BCUT2D eigenvalue weighted by molar-refractivity contribution is -0.389. The Morgan fingerprint density at radius 1 is 0.921 bits per heavy atom. The van der Waals surface area contributed by atoms with Gasteiger partial charge in [-0.1, -0.05) is 49.4 Å². The molecule has 7 heteroatoms.